The van der Waals surface area contributed by atoms with E-state index in [4.69, 9.17) is 4.74 Å². The normalized spacial score (nSPS) is 16.6. The van der Waals surface area contributed by atoms with Crippen LogP contribution in [0.1, 0.15) is 42.6 Å². The van der Waals surface area contributed by atoms with Gasteiger partial charge >= 0.3 is 0 Å². The Morgan fingerprint density at radius 2 is 1.88 bits per heavy atom. The summed E-state index contributed by atoms with van der Waals surface area (Å²) in [5, 5.41) is 1.02. The summed E-state index contributed by atoms with van der Waals surface area (Å²) >= 11 is 0. The van der Waals surface area contributed by atoms with Crippen molar-refractivity contribution in [2.75, 3.05) is 12.0 Å². The summed E-state index contributed by atoms with van der Waals surface area (Å²) in [5.41, 5.74) is 4.06. The number of amides is 4. The zero-order valence-electron chi connectivity index (χ0n) is 18.6. The molecule has 0 unspecified atom stereocenters. The Labute approximate surface area is 187 Å². The minimum Gasteiger partial charge on any atom is -0.495 e. The molecule has 0 spiro atoms. The van der Waals surface area contributed by atoms with E-state index in [1.165, 1.54) is 7.11 Å². The minimum atomic E-state index is -1.15. The number of aryl methyl sites for hydroxylation is 1. The Morgan fingerprint density at radius 1 is 1.19 bits per heavy atom. The Kier molecular flexibility index (Phi) is 6.92. The van der Waals surface area contributed by atoms with E-state index in [-0.39, 0.29) is 6.42 Å². The van der Waals surface area contributed by atoms with Crippen LogP contribution in [0.25, 0.3) is 0 Å². The lowest BCUT2D eigenvalue weighted by Gasteiger charge is -2.30. The molecule has 32 heavy (non-hydrogen) atoms. The molecule has 1 saturated heterocycles. The predicted molar refractivity (Wildman–Crippen MR) is 119 cm³/mol. The molecular weight excluding hydrogens is 410 g/mol. The summed E-state index contributed by atoms with van der Waals surface area (Å²) < 4.78 is 5.33. The first-order valence-electron chi connectivity index (χ1n) is 10.5. The number of methoxy groups -OCH3 is 1. The van der Waals surface area contributed by atoms with Gasteiger partial charge in [0.25, 0.3) is 11.8 Å². The number of ether oxygens (including phenoxy) is 1. The second-order valence-corrected chi connectivity index (χ2v) is 7.79. The Bertz CT molecular complexity index is 1040. The van der Waals surface area contributed by atoms with Gasteiger partial charge < -0.3 is 4.74 Å². The van der Waals surface area contributed by atoms with Crippen molar-refractivity contribution < 1.29 is 23.9 Å². The first-order valence-corrected chi connectivity index (χ1v) is 10.5. The van der Waals surface area contributed by atoms with Crippen molar-refractivity contribution in [3.8, 4) is 5.75 Å². The average Bonchev–Trinajstić information content (AvgIpc) is 3.10. The van der Waals surface area contributed by atoms with E-state index >= 15 is 0 Å². The molecule has 1 aliphatic rings. The summed E-state index contributed by atoms with van der Waals surface area (Å²) in [6, 6.07) is 12.4. The van der Waals surface area contributed by atoms with Crippen molar-refractivity contribution in [3.63, 3.8) is 0 Å². The molecule has 4 amide bonds. The molecule has 0 saturated carbocycles. The van der Waals surface area contributed by atoms with Crippen LogP contribution >= 0.6 is 0 Å². The van der Waals surface area contributed by atoms with Crippen LogP contribution in [-0.4, -0.2) is 41.8 Å². The van der Waals surface area contributed by atoms with Gasteiger partial charge in [-0.3, -0.25) is 24.6 Å². The van der Waals surface area contributed by atoms with E-state index in [2.05, 4.69) is 5.43 Å². The molecule has 2 aromatic carbocycles. The average molecular weight is 437 g/mol. The number of anilines is 1. The van der Waals surface area contributed by atoms with Gasteiger partial charge in [-0.15, -0.1) is 0 Å². The van der Waals surface area contributed by atoms with Gasteiger partial charge in [-0.2, -0.15) is 0 Å². The standard InChI is InChI=1S/C24H27N3O5/c1-5-16(3)23(30)27(25-22(29)17-9-7-6-8-10-17)19-14-21(28)26(24(19)31)18-13-15(2)11-12-20(18)32-4/h6-13,16,19H,5,14H2,1-4H3,(H,25,29)/t16-,19-/m0/s1. The SMILES string of the molecule is CC[C@H](C)C(=O)N(NC(=O)c1ccccc1)[C@H]1CC(=O)N(c2cc(C)ccc2OC)C1=O. The third-order valence-electron chi connectivity index (χ3n) is 5.54. The molecule has 8 heteroatoms. The number of carbonyl (C=O) groups excluding carboxylic acids is 4. The van der Waals surface area contributed by atoms with Gasteiger partial charge in [0, 0.05) is 11.5 Å². The molecular formula is C24H27N3O5. The van der Waals surface area contributed by atoms with Crippen LogP contribution in [0.4, 0.5) is 5.69 Å². The molecule has 0 bridgehead atoms. The second kappa shape index (κ2) is 9.64. The molecule has 8 nitrogen and oxygen atoms in total. The lowest BCUT2D eigenvalue weighted by Crippen LogP contribution is -2.56. The topological polar surface area (TPSA) is 96.0 Å². The van der Waals surface area contributed by atoms with Crippen molar-refractivity contribution >= 4 is 29.3 Å². The number of carbonyl (C=O) groups is 4. The van der Waals surface area contributed by atoms with Gasteiger partial charge in [-0.05, 0) is 43.2 Å². The quantitative estimate of drug-likeness (QED) is 0.554. The van der Waals surface area contributed by atoms with Crippen LogP contribution in [0.3, 0.4) is 0 Å². The summed E-state index contributed by atoms with van der Waals surface area (Å²) in [5.74, 6) is -2.11. The van der Waals surface area contributed by atoms with E-state index in [9.17, 15) is 19.2 Å². The zero-order valence-corrected chi connectivity index (χ0v) is 18.6. The van der Waals surface area contributed by atoms with Crippen LogP contribution in [0, 0.1) is 12.8 Å². The van der Waals surface area contributed by atoms with Crippen LogP contribution in [0.5, 0.6) is 5.75 Å². The maximum atomic E-state index is 13.4. The fourth-order valence-corrected chi connectivity index (χ4v) is 3.51. The first kappa shape index (κ1) is 23.0. The number of benzene rings is 2. The van der Waals surface area contributed by atoms with E-state index in [1.54, 1.807) is 49.4 Å². The molecule has 1 heterocycles. The number of hydrazine groups is 1. The van der Waals surface area contributed by atoms with Crippen LogP contribution in [0.2, 0.25) is 0 Å². The lowest BCUT2D eigenvalue weighted by molar-refractivity contribution is -0.144. The highest BCUT2D eigenvalue weighted by atomic mass is 16.5. The third-order valence-corrected chi connectivity index (χ3v) is 5.54. The highest BCUT2D eigenvalue weighted by Crippen LogP contribution is 2.34. The number of imide groups is 1. The summed E-state index contributed by atoms with van der Waals surface area (Å²) in [6.07, 6.45) is 0.272. The molecule has 3 rings (SSSR count). The number of nitrogens with zero attached hydrogens (tertiary/aromatic N) is 2. The molecule has 1 N–H and O–H groups in total. The number of hydrogen-bond acceptors (Lipinski definition) is 5. The second-order valence-electron chi connectivity index (χ2n) is 7.79. The molecule has 2 aromatic rings. The Balaban J connectivity index is 1.96. The van der Waals surface area contributed by atoms with Crippen molar-refractivity contribution in [1.82, 2.24) is 10.4 Å². The molecule has 0 aliphatic carbocycles. The highest BCUT2D eigenvalue weighted by Gasteiger charge is 2.46. The summed E-state index contributed by atoms with van der Waals surface area (Å²) in [7, 11) is 1.45. The fraction of sp³-hybridized carbons (Fsp3) is 0.333. The maximum Gasteiger partial charge on any atom is 0.269 e. The fourth-order valence-electron chi connectivity index (χ4n) is 3.51. The van der Waals surface area contributed by atoms with E-state index < -0.39 is 35.6 Å². The van der Waals surface area contributed by atoms with Crippen LogP contribution < -0.4 is 15.1 Å². The minimum absolute atomic E-state index is 0.243. The first-order chi connectivity index (χ1) is 15.3. The smallest absolute Gasteiger partial charge is 0.269 e. The maximum absolute atomic E-state index is 13.4. The number of rotatable bonds is 6. The third kappa shape index (κ3) is 4.49. The molecule has 168 valence electrons. The van der Waals surface area contributed by atoms with Crippen molar-refractivity contribution in [2.24, 2.45) is 5.92 Å². The number of hydrogen-bond donors (Lipinski definition) is 1. The Morgan fingerprint density at radius 3 is 2.50 bits per heavy atom. The van der Waals surface area contributed by atoms with E-state index in [0.29, 0.717) is 23.4 Å². The summed E-state index contributed by atoms with van der Waals surface area (Å²) in [4.78, 5) is 53.2. The lowest BCUT2D eigenvalue weighted by atomic mass is 10.1. The van der Waals surface area contributed by atoms with Gasteiger partial charge in [0.1, 0.15) is 11.8 Å². The van der Waals surface area contributed by atoms with Gasteiger partial charge in [0.2, 0.25) is 11.8 Å². The molecule has 0 radical (unpaired) electrons. The van der Waals surface area contributed by atoms with Gasteiger partial charge in [0.05, 0.1) is 19.2 Å². The van der Waals surface area contributed by atoms with Crippen molar-refractivity contribution in [3.05, 3.63) is 59.7 Å². The predicted octanol–water partition coefficient (Wildman–Crippen LogP) is 2.86. The van der Waals surface area contributed by atoms with Crippen LogP contribution in [0.15, 0.2) is 48.5 Å². The molecule has 2 atom stereocenters. The zero-order chi connectivity index (χ0) is 23.4. The van der Waals surface area contributed by atoms with Gasteiger partial charge in [0.15, 0.2) is 0 Å². The monoisotopic (exact) mass is 437 g/mol. The molecule has 1 aliphatic heterocycles. The molecule has 1 fully saturated rings. The van der Waals surface area contributed by atoms with Crippen molar-refractivity contribution in [1.29, 1.82) is 0 Å². The largest absolute Gasteiger partial charge is 0.495 e. The van der Waals surface area contributed by atoms with E-state index in [1.807, 2.05) is 19.9 Å². The van der Waals surface area contributed by atoms with Gasteiger partial charge in [-0.1, -0.05) is 38.1 Å². The van der Waals surface area contributed by atoms with Gasteiger partial charge in [-0.25, -0.2) is 9.91 Å². The van der Waals surface area contributed by atoms with Crippen LogP contribution in [-0.2, 0) is 14.4 Å². The highest BCUT2D eigenvalue weighted by molar-refractivity contribution is 6.23. The molecule has 0 aromatic heterocycles. The number of nitrogens with one attached hydrogen (secondary N) is 1. The van der Waals surface area contributed by atoms with Crippen molar-refractivity contribution in [2.45, 2.75) is 39.7 Å². The van der Waals surface area contributed by atoms with E-state index in [0.717, 1.165) is 15.5 Å². The summed E-state index contributed by atoms with van der Waals surface area (Å²) in [6.45, 7) is 5.39. The Hall–Kier alpha value is -3.68.